The summed E-state index contributed by atoms with van der Waals surface area (Å²) in [4.78, 5) is 5.97. The summed E-state index contributed by atoms with van der Waals surface area (Å²) in [5.41, 5.74) is 8.08. The molecule has 0 bridgehead atoms. The number of anilines is 3. The van der Waals surface area contributed by atoms with Crippen molar-refractivity contribution in [1.82, 2.24) is 4.98 Å². The van der Waals surface area contributed by atoms with Crippen molar-refractivity contribution in [3.63, 3.8) is 0 Å². The Hall–Kier alpha value is -3.05. The van der Waals surface area contributed by atoms with Crippen LogP contribution < -0.4 is 10.6 Å². The van der Waals surface area contributed by atoms with Gasteiger partial charge in [0.2, 0.25) is 0 Å². The molecule has 0 aliphatic heterocycles. The third-order valence-electron chi connectivity index (χ3n) is 2.79. The molecule has 0 saturated carbocycles. The van der Waals surface area contributed by atoms with Gasteiger partial charge in [0.05, 0.1) is 22.9 Å². The van der Waals surface area contributed by atoms with Crippen molar-refractivity contribution in [2.24, 2.45) is 0 Å². The second-order valence-corrected chi connectivity index (χ2v) is 3.93. The Balaban J connectivity index is 2.42. The van der Waals surface area contributed by atoms with Gasteiger partial charge in [0.25, 0.3) is 0 Å². The SMILES string of the molecule is CN(c1ccc(C#N)cc1)c1nccc(C#N)c1N. The molecule has 0 amide bonds. The Kier molecular flexibility index (Phi) is 3.31. The third kappa shape index (κ3) is 2.31. The molecule has 0 aliphatic carbocycles. The summed E-state index contributed by atoms with van der Waals surface area (Å²) in [6.07, 6.45) is 1.55. The maximum absolute atomic E-state index is 8.95. The fraction of sp³-hybridized carbons (Fsp3) is 0.0714. The number of aromatic nitrogens is 1. The van der Waals surface area contributed by atoms with E-state index in [0.717, 1.165) is 5.69 Å². The van der Waals surface area contributed by atoms with Gasteiger partial charge in [-0.3, -0.25) is 0 Å². The predicted octanol–water partition coefficient (Wildman–Crippen LogP) is 2.18. The van der Waals surface area contributed by atoms with Gasteiger partial charge in [-0.1, -0.05) is 0 Å². The van der Waals surface area contributed by atoms with E-state index >= 15 is 0 Å². The van der Waals surface area contributed by atoms with Crippen molar-refractivity contribution >= 4 is 17.2 Å². The first-order valence-electron chi connectivity index (χ1n) is 5.56. The van der Waals surface area contributed by atoms with Crippen LogP contribution in [0.2, 0.25) is 0 Å². The zero-order valence-corrected chi connectivity index (χ0v) is 10.3. The Morgan fingerprint density at radius 2 is 1.79 bits per heavy atom. The Morgan fingerprint density at radius 1 is 1.11 bits per heavy atom. The molecule has 0 atom stereocenters. The highest BCUT2D eigenvalue weighted by Crippen LogP contribution is 2.28. The van der Waals surface area contributed by atoms with Crippen LogP contribution in [0.15, 0.2) is 36.5 Å². The Bertz CT molecular complexity index is 676. The standard InChI is InChI=1S/C14H11N5/c1-19(12-4-2-10(8-15)3-5-12)14-13(17)11(9-16)6-7-18-14/h2-7H,17H2,1H3. The van der Waals surface area contributed by atoms with E-state index in [1.54, 1.807) is 48.5 Å². The number of hydrogen-bond acceptors (Lipinski definition) is 5. The van der Waals surface area contributed by atoms with E-state index in [1.165, 1.54) is 0 Å². The molecule has 1 aromatic heterocycles. The molecule has 5 heteroatoms. The highest BCUT2D eigenvalue weighted by Gasteiger charge is 2.12. The molecule has 2 N–H and O–H groups in total. The molecule has 92 valence electrons. The molecule has 2 aromatic rings. The van der Waals surface area contributed by atoms with Gasteiger partial charge in [-0.2, -0.15) is 10.5 Å². The second-order valence-electron chi connectivity index (χ2n) is 3.93. The van der Waals surface area contributed by atoms with Crippen LogP contribution in [0.25, 0.3) is 0 Å². The number of nitriles is 2. The molecule has 0 fully saturated rings. The zero-order chi connectivity index (χ0) is 13.8. The van der Waals surface area contributed by atoms with E-state index in [2.05, 4.69) is 11.1 Å². The maximum Gasteiger partial charge on any atom is 0.157 e. The summed E-state index contributed by atoms with van der Waals surface area (Å²) >= 11 is 0. The van der Waals surface area contributed by atoms with Crippen molar-refractivity contribution in [3.05, 3.63) is 47.7 Å². The van der Waals surface area contributed by atoms with E-state index in [9.17, 15) is 0 Å². The van der Waals surface area contributed by atoms with Crippen molar-refractivity contribution in [2.75, 3.05) is 17.7 Å². The summed E-state index contributed by atoms with van der Waals surface area (Å²) in [5, 5.41) is 17.7. The molecule has 0 saturated heterocycles. The fourth-order valence-electron chi connectivity index (χ4n) is 1.71. The predicted molar refractivity (Wildman–Crippen MR) is 72.6 cm³/mol. The summed E-state index contributed by atoms with van der Waals surface area (Å²) in [5.74, 6) is 0.517. The number of rotatable bonds is 2. The molecule has 2 rings (SSSR count). The van der Waals surface area contributed by atoms with Gasteiger partial charge in [0.1, 0.15) is 6.07 Å². The van der Waals surface area contributed by atoms with Gasteiger partial charge < -0.3 is 10.6 Å². The maximum atomic E-state index is 8.95. The molecule has 1 aromatic carbocycles. The normalized spacial score (nSPS) is 9.42. The Morgan fingerprint density at radius 3 is 2.37 bits per heavy atom. The van der Waals surface area contributed by atoms with Crippen LogP contribution in [0.1, 0.15) is 11.1 Å². The summed E-state index contributed by atoms with van der Waals surface area (Å²) in [7, 11) is 1.81. The van der Waals surface area contributed by atoms with Crippen molar-refractivity contribution in [1.29, 1.82) is 10.5 Å². The van der Waals surface area contributed by atoms with Crippen LogP contribution in [0, 0.1) is 22.7 Å². The number of pyridine rings is 1. The number of nitrogens with zero attached hydrogens (tertiary/aromatic N) is 4. The lowest BCUT2D eigenvalue weighted by Crippen LogP contribution is -2.14. The van der Waals surface area contributed by atoms with Gasteiger partial charge in [0, 0.05) is 18.9 Å². The molecule has 0 aliphatic rings. The minimum Gasteiger partial charge on any atom is -0.395 e. The van der Waals surface area contributed by atoms with Crippen LogP contribution in [0.3, 0.4) is 0 Å². The largest absolute Gasteiger partial charge is 0.395 e. The summed E-state index contributed by atoms with van der Waals surface area (Å²) in [6.45, 7) is 0. The van der Waals surface area contributed by atoms with Gasteiger partial charge in [-0.15, -0.1) is 0 Å². The Labute approximate surface area is 111 Å². The van der Waals surface area contributed by atoms with Crippen LogP contribution >= 0.6 is 0 Å². The summed E-state index contributed by atoms with van der Waals surface area (Å²) < 4.78 is 0. The minimum absolute atomic E-state index is 0.344. The van der Waals surface area contributed by atoms with Gasteiger partial charge in [0.15, 0.2) is 5.82 Å². The second kappa shape index (κ2) is 5.07. The lowest BCUT2D eigenvalue weighted by atomic mass is 10.2. The van der Waals surface area contributed by atoms with Crippen molar-refractivity contribution < 1.29 is 0 Å². The molecular formula is C14H11N5. The van der Waals surface area contributed by atoms with E-state index in [-0.39, 0.29) is 0 Å². The average molecular weight is 249 g/mol. The molecule has 0 radical (unpaired) electrons. The topological polar surface area (TPSA) is 89.7 Å². The molecule has 1 heterocycles. The van der Waals surface area contributed by atoms with Gasteiger partial charge >= 0.3 is 0 Å². The minimum atomic E-state index is 0.344. The van der Waals surface area contributed by atoms with Crippen molar-refractivity contribution in [3.8, 4) is 12.1 Å². The number of hydrogen-bond donors (Lipinski definition) is 1. The first-order chi connectivity index (χ1) is 9.17. The van der Waals surface area contributed by atoms with Crippen LogP contribution in [-0.4, -0.2) is 12.0 Å². The highest BCUT2D eigenvalue weighted by molar-refractivity contribution is 5.75. The highest BCUT2D eigenvalue weighted by atomic mass is 15.2. The van der Waals surface area contributed by atoms with E-state index in [1.807, 2.05) is 6.07 Å². The van der Waals surface area contributed by atoms with Gasteiger partial charge in [-0.25, -0.2) is 4.98 Å². The van der Waals surface area contributed by atoms with Gasteiger partial charge in [-0.05, 0) is 30.3 Å². The molecule has 0 unspecified atom stereocenters. The summed E-state index contributed by atoms with van der Waals surface area (Å²) in [6, 6.07) is 12.7. The first-order valence-corrected chi connectivity index (χ1v) is 5.56. The van der Waals surface area contributed by atoms with E-state index < -0.39 is 0 Å². The monoisotopic (exact) mass is 249 g/mol. The molecule has 5 nitrogen and oxygen atoms in total. The lowest BCUT2D eigenvalue weighted by molar-refractivity contribution is 1.13. The number of benzene rings is 1. The van der Waals surface area contributed by atoms with Crippen LogP contribution in [-0.2, 0) is 0 Å². The number of nitrogen functional groups attached to an aromatic ring is 1. The average Bonchev–Trinajstić information content (AvgIpc) is 2.47. The van der Waals surface area contributed by atoms with Crippen molar-refractivity contribution in [2.45, 2.75) is 0 Å². The fourth-order valence-corrected chi connectivity index (χ4v) is 1.71. The molecular weight excluding hydrogens is 238 g/mol. The quantitative estimate of drug-likeness (QED) is 0.880. The first kappa shape index (κ1) is 12.4. The molecule has 0 spiro atoms. The lowest BCUT2D eigenvalue weighted by Gasteiger charge is -2.20. The number of nitrogens with two attached hydrogens (primary N) is 1. The van der Waals surface area contributed by atoms with E-state index in [0.29, 0.717) is 22.6 Å². The third-order valence-corrected chi connectivity index (χ3v) is 2.79. The van der Waals surface area contributed by atoms with Crippen LogP contribution in [0.4, 0.5) is 17.2 Å². The van der Waals surface area contributed by atoms with E-state index in [4.69, 9.17) is 16.3 Å². The zero-order valence-electron chi connectivity index (χ0n) is 10.3. The van der Waals surface area contributed by atoms with Crippen LogP contribution in [0.5, 0.6) is 0 Å². The molecule has 19 heavy (non-hydrogen) atoms. The smallest absolute Gasteiger partial charge is 0.157 e.